The Morgan fingerprint density at radius 1 is 1.08 bits per heavy atom. The van der Waals surface area contributed by atoms with E-state index in [0.29, 0.717) is 0 Å². The van der Waals surface area contributed by atoms with Gasteiger partial charge in [0, 0.05) is 0 Å². The van der Waals surface area contributed by atoms with Gasteiger partial charge in [0.2, 0.25) is 0 Å². The number of thioether (sulfide) groups is 1. The van der Waals surface area contributed by atoms with Gasteiger partial charge < -0.3 is 20.1 Å². The first-order chi connectivity index (χ1) is 5.57. The van der Waals surface area contributed by atoms with E-state index in [1.807, 2.05) is 0 Å². The summed E-state index contributed by atoms with van der Waals surface area (Å²) in [6.07, 6.45) is -1.76. The quantitative estimate of drug-likeness (QED) is 0.508. The third-order valence-corrected chi connectivity index (χ3v) is 2.90. The maximum absolute atomic E-state index is 9.37. The second-order valence-electron chi connectivity index (χ2n) is 2.92. The van der Waals surface area contributed by atoms with Crippen LogP contribution in [0.15, 0.2) is 0 Å². The second-order valence-corrected chi connectivity index (χ2v) is 3.85. The fourth-order valence-electron chi connectivity index (χ4n) is 1.21. The van der Waals surface area contributed by atoms with Gasteiger partial charge in [0.15, 0.2) is 0 Å². The van der Waals surface area contributed by atoms with Gasteiger partial charge >= 0.3 is 0 Å². The number of ether oxygens (including phenoxy) is 1. The van der Waals surface area contributed by atoms with Gasteiger partial charge in [0.1, 0.15) is 23.7 Å². The molecule has 5 atom stereocenters. The number of aliphatic hydroxyl groups is 3. The monoisotopic (exact) mass is 194 g/mol. The van der Waals surface area contributed by atoms with Gasteiger partial charge in [0.25, 0.3) is 0 Å². The maximum Gasteiger partial charge on any atom is 0.132 e. The van der Waals surface area contributed by atoms with Crippen molar-refractivity contribution in [3.8, 4) is 0 Å². The molecule has 0 saturated carbocycles. The van der Waals surface area contributed by atoms with E-state index in [1.165, 1.54) is 11.8 Å². The van der Waals surface area contributed by atoms with E-state index >= 15 is 0 Å². The number of rotatable bonds is 1. The van der Waals surface area contributed by atoms with Gasteiger partial charge in [-0.2, -0.15) is 0 Å². The Morgan fingerprint density at radius 3 is 2.17 bits per heavy atom. The highest BCUT2D eigenvalue weighted by Crippen LogP contribution is 2.26. The lowest BCUT2D eigenvalue weighted by Gasteiger charge is -2.38. The lowest BCUT2D eigenvalue weighted by molar-refractivity contribution is -0.192. The Labute approximate surface area is 75.5 Å². The van der Waals surface area contributed by atoms with Gasteiger partial charge in [0.05, 0.1) is 6.10 Å². The van der Waals surface area contributed by atoms with E-state index in [0.717, 1.165) is 0 Å². The molecule has 1 fully saturated rings. The van der Waals surface area contributed by atoms with Crippen LogP contribution in [0.2, 0.25) is 0 Å². The molecule has 1 aliphatic rings. The van der Waals surface area contributed by atoms with E-state index in [2.05, 4.69) is 0 Å². The summed E-state index contributed by atoms with van der Waals surface area (Å²) in [5.41, 5.74) is -0.446. The molecule has 0 spiro atoms. The molecule has 0 bridgehead atoms. The maximum atomic E-state index is 9.37. The van der Waals surface area contributed by atoms with Crippen molar-refractivity contribution in [1.82, 2.24) is 0 Å². The topological polar surface area (TPSA) is 69.9 Å². The third kappa shape index (κ3) is 1.75. The molecule has 4 nitrogen and oxygen atoms in total. The molecule has 72 valence electrons. The lowest BCUT2D eigenvalue weighted by Crippen LogP contribution is -2.55. The largest absolute Gasteiger partial charge is 0.388 e. The van der Waals surface area contributed by atoms with Crippen LogP contribution in [0.5, 0.6) is 0 Å². The van der Waals surface area contributed by atoms with Crippen molar-refractivity contribution in [2.45, 2.75) is 36.8 Å². The highest BCUT2D eigenvalue weighted by atomic mass is 32.2. The van der Waals surface area contributed by atoms with Crippen LogP contribution in [0.25, 0.3) is 0 Å². The summed E-state index contributed by atoms with van der Waals surface area (Å²) in [5.74, 6) is 0. The van der Waals surface area contributed by atoms with Crippen molar-refractivity contribution in [1.29, 1.82) is 0 Å². The first-order valence-electron chi connectivity index (χ1n) is 3.80. The summed E-state index contributed by atoms with van der Waals surface area (Å²) in [6, 6.07) is 0. The summed E-state index contributed by atoms with van der Waals surface area (Å²) < 4.78 is 5.23. The molecular weight excluding hydrogens is 180 g/mol. The van der Waals surface area contributed by atoms with Gasteiger partial charge in [-0.1, -0.05) is 0 Å². The first kappa shape index (κ1) is 10.3. The highest BCUT2D eigenvalue weighted by molar-refractivity contribution is 7.99. The molecule has 1 aliphatic heterocycles. The van der Waals surface area contributed by atoms with Crippen molar-refractivity contribution in [2.24, 2.45) is 0 Å². The summed E-state index contributed by atoms with van der Waals surface area (Å²) in [5, 5.41) is 28.0. The molecule has 1 saturated heterocycles. The lowest BCUT2D eigenvalue weighted by atomic mass is 10.0. The predicted molar refractivity (Wildman–Crippen MR) is 45.9 cm³/mol. The van der Waals surface area contributed by atoms with E-state index in [1.54, 1.807) is 13.2 Å². The molecule has 0 radical (unpaired) electrons. The Balaban J connectivity index is 2.63. The molecule has 0 aromatic carbocycles. The fraction of sp³-hybridized carbons (Fsp3) is 1.00. The van der Waals surface area contributed by atoms with Crippen LogP contribution in [0, 0.1) is 0 Å². The van der Waals surface area contributed by atoms with E-state index in [9.17, 15) is 15.3 Å². The number of hydrogen-bond acceptors (Lipinski definition) is 5. The van der Waals surface area contributed by atoms with Crippen LogP contribution in [0.1, 0.15) is 6.92 Å². The van der Waals surface area contributed by atoms with Crippen LogP contribution in [0.3, 0.4) is 0 Å². The van der Waals surface area contributed by atoms with E-state index < -0.39 is 29.9 Å². The second kappa shape index (κ2) is 3.93. The molecule has 0 aliphatic carbocycles. The molecule has 5 heteroatoms. The normalized spacial score (nSPS) is 49.2. The van der Waals surface area contributed by atoms with Crippen LogP contribution in [-0.2, 0) is 4.74 Å². The zero-order valence-corrected chi connectivity index (χ0v) is 7.86. The molecular formula is C7H14O4S. The van der Waals surface area contributed by atoms with Crippen LogP contribution in [-0.4, -0.2) is 51.4 Å². The van der Waals surface area contributed by atoms with Crippen molar-refractivity contribution in [3.63, 3.8) is 0 Å². The zero-order valence-electron chi connectivity index (χ0n) is 7.04. The Morgan fingerprint density at radius 2 is 1.67 bits per heavy atom. The van der Waals surface area contributed by atoms with Crippen molar-refractivity contribution in [2.75, 3.05) is 6.26 Å². The molecule has 1 rings (SSSR count). The highest BCUT2D eigenvalue weighted by Gasteiger charge is 2.41. The van der Waals surface area contributed by atoms with Crippen LogP contribution in [0.4, 0.5) is 0 Å². The van der Waals surface area contributed by atoms with Crippen molar-refractivity contribution in [3.05, 3.63) is 0 Å². The van der Waals surface area contributed by atoms with Gasteiger partial charge in [-0.05, 0) is 13.2 Å². The molecule has 3 unspecified atom stereocenters. The van der Waals surface area contributed by atoms with E-state index in [4.69, 9.17) is 4.74 Å². The minimum absolute atomic E-state index is 0.430. The summed E-state index contributed by atoms with van der Waals surface area (Å²) in [4.78, 5) is 0. The SMILES string of the molecule is CS[C@@H]1OC(C)[C@@H](O)C(O)C1O. The first-order valence-corrected chi connectivity index (χ1v) is 5.09. The fourth-order valence-corrected chi connectivity index (χ4v) is 1.93. The third-order valence-electron chi connectivity index (χ3n) is 2.04. The summed E-state index contributed by atoms with van der Waals surface area (Å²) in [6.45, 7) is 1.67. The molecule has 12 heavy (non-hydrogen) atoms. The smallest absolute Gasteiger partial charge is 0.132 e. The summed E-state index contributed by atoms with van der Waals surface area (Å²) >= 11 is 1.32. The standard InChI is InChI=1S/C7H14O4S/c1-3-4(8)5(9)6(10)7(11-3)12-2/h3-10H,1-2H3/t3?,4-,5?,6?,7+/m1/s1. The Hall–Kier alpha value is 0.190. The van der Waals surface area contributed by atoms with Crippen LogP contribution >= 0.6 is 11.8 Å². The molecule has 3 N–H and O–H groups in total. The average Bonchev–Trinajstić information content (AvgIpc) is 2.08. The average molecular weight is 194 g/mol. The Kier molecular flexibility index (Phi) is 3.37. The van der Waals surface area contributed by atoms with Crippen LogP contribution < -0.4 is 0 Å². The van der Waals surface area contributed by atoms with Crippen molar-refractivity contribution >= 4 is 11.8 Å². The molecule has 1 heterocycles. The number of hydrogen-bond donors (Lipinski definition) is 3. The van der Waals surface area contributed by atoms with E-state index in [-0.39, 0.29) is 0 Å². The van der Waals surface area contributed by atoms with Crippen molar-refractivity contribution < 1.29 is 20.1 Å². The predicted octanol–water partition coefficient (Wildman–Crippen LogP) is -0.823. The molecule has 0 aromatic rings. The minimum atomic E-state index is -1.11. The van der Waals surface area contributed by atoms with Gasteiger partial charge in [-0.25, -0.2) is 0 Å². The zero-order chi connectivity index (χ0) is 9.30. The van der Waals surface area contributed by atoms with Gasteiger partial charge in [-0.15, -0.1) is 11.8 Å². The molecule has 0 amide bonds. The summed E-state index contributed by atoms with van der Waals surface area (Å²) in [7, 11) is 0. The minimum Gasteiger partial charge on any atom is -0.388 e. The van der Waals surface area contributed by atoms with Gasteiger partial charge in [-0.3, -0.25) is 0 Å². The number of aliphatic hydroxyl groups excluding tert-OH is 3. The Bertz CT molecular complexity index is 150. The molecule has 0 aromatic heterocycles.